The number of hydrogen-bond acceptors (Lipinski definition) is 2. The van der Waals surface area contributed by atoms with Crippen LogP contribution in [0.1, 0.15) is 24.8 Å². The molecule has 0 unspecified atom stereocenters. The molecule has 2 rings (SSSR count). The van der Waals surface area contributed by atoms with Gasteiger partial charge in [0.25, 0.3) is 0 Å². The fourth-order valence-corrected chi connectivity index (χ4v) is 2.74. The van der Waals surface area contributed by atoms with Gasteiger partial charge in [-0.05, 0) is 43.4 Å². The van der Waals surface area contributed by atoms with Crippen LogP contribution in [0.15, 0.2) is 24.3 Å². The quantitative estimate of drug-likeness (QED) is 0.893. The molecule has 1 heterocycles. The van der Waals surface area contributed by atoms with Gasteiger partial charge in [-0.15, -0.1) is 0 Å². The maximum atomic E-state index is 12.7. The van der Waals surface area contributed by atoms with Crippen molar-refractivity contribution >= 4 is 11.8 Å². The predicted molar refractivity (Wildman–Crippen MR) is 77.0 cm³/mol. The lowest BCUT2D eigenvalue weighted by Gasteiger charge is -2.34. The summed E-state index contributed by atoms with van der Waals surface area (Å²) in [7, 11) is 0. The van der Waals surface area contributed by atoms with Gasteiger partial charge in [-0.3, -0.25) is 0 Å². The largest absolute Gasteiger partial charge is 0.465 e. The fourth-order valence-electron chi connectivity index (χ4n) is 2.74. The van der Waals surface area contributed by atoms with E-state index in [1.165, 1.54) is 12.1 Å². The molecule has 0 spiro atoms. The summed E-state index contributed by atoms with van der Waals surface area (Å²) in [6.45, 7) is 1.81. The third kappa shape index (κ3) is 4.54. The summed E-state index contributed by atoms with van der Waals surface area (Å²) >= 11 is 0. The molecule has 7 heteroatoms. The normalized spacial score (nSPS) is 16.6. The van der Waals surface area contributed by atoms with Crippen LogP contribution in [0.25, 0.3) is 0 Å². The second-order valence-electron chi connectivity index (χ2n) is 5.50. The van der Waals surface area contributed by atoms with Crippen molar-refractivity contribution in [2.45, 2.75) is 25.4 Å². The zero-order valence-corrected chi connectivity index (χ0v) is 12.1. The standard InChI is InChI=1S/C15H19F3N2O2/c16-15(17,18)12-2-1-3-13(10-12)20-8-5-11(6-9-20)4-7-19-14(21)22/h1-3,10-11,19H,4-9H2,(H,21,22). The Morgan fingerprint density at radius 3 is 2.59 bits per heavy atom. The molecule has 0 atom stereocenters. The van der Waals surface area contributed by atoms with Gasteiger partial charge in [-0.1, -0.05) is 6.07 Å². The van der Waals surface area contributed by atoms with E-state index < -0.39 is 17.8 Å². The Morgan fingerprint density at radius 1 is 1.32 bits per heavy atom. The van der Waals surface area contributed by atoms with Gasteiger partial charge < -0.3 is 15.3 Å². The van der Waals surface area contributed by atoms with Gasteiger partial charge in [0.15, 0.2) is 0 Å². The molecule has 0 aliphatic carbocycles. The molecule has 1 saturated heterocycles. The highest BCUT2D eigenvalue weighted by Crippen LogP contribution is 2.33. The van der Waals surface area contributed by atoms with E-state index in [1.54, 1.807) is 6.07 Å². The number of anilines is 1. The lowest BCUT2D eigenvalue weighted by Crippen LogP contribution is -2.35. The minimum atomic E-state index is -4.32. The number of carboxylic acid groups (broad SMARTS) is 1. The van der Waals surface area contributed by atoms with Gasteiger partial charge in [0.1, 0.15) is 0 Å². The number of amides is 1. The topological polar surface area (TPSA) is 52.6 Å². The fraction of sp³-hybridized carbons (Fsp3) is 0.533. The molecule has 122 valence electrons. The Morgan fingerprint density at radius 2 is 2.00 bits per heavy atom. The molecule has 2 N–H and O–H groups in total. The first kappa shape index (κ1) is 16.5. The van der Waals surface area contributed by atoms with Crippen molar-refractivity contribution in [3.05, 3.63) is 29.8 Å². The van der Waals surface area contributed by atoms with Crippen molar-refractivity contribution in [1.82, 2.24) is 5.32 Å². The second-order valence-corrected chi connectivity index (χ2v) is 5.50. The summed E-state index contributed by atoms with van der Waals surface area (Å²) in [5.41, 5.74) is -0.0327. The molecule has 1 aliphatic heterocycles. The molecular weight excluding hydrogens is 297 g/mol. The van der Waals surface area contributed by atoms with Crippen molar-refractivity contribution in [2.24, 2.45) is 5.92 Å². The summed E-state index contributed by atoms with van der Waals surface area (Å²) in [6, 6.07) is 5.39. The van der Waals surface area contributed by atoms with Gasteiger partial charge >= 0.3 is 12.3 Å². The predicted octanol–water partition coefficient (Wildman–Crippen LogP) is 3.58. The van der Waals surface area contributed by atoms with Crippen LogP contribution in [0.5, 0.6) is 0 Å². The van der Waals surface area contributed by atoms with Crippen molar-refractivity contribution < 1.29 is 23.1 Å². The lowest BCUT2D eigenvalue weighted by molar-refractivity contribution is -0.137. The molecule has 0 radical (unpaired) electrons. The average molecular weight is 316 g/mol. The zero-order valence-electron chi connectivity index (χ0n) is 12.1. The Hall–Kier alpha value is -1.92. The van der Waals surface area contributed by atoms with Gasteiger partial charge in [0.05, 0.1) is 5.56 Å². The van der Waals surface area contributed by atoms with Gasteiger partial charge in [-0.2, -0.15) is 13.2 Å². The molecule has 0 aromatic heterocycles. The highest BCUT2D eigenvalue weighted by molar-refractivity contribution is 5.64. The summed E-state index contributed by atoms with van der Waals surface area (Å²) < 4.78 is 38.2. The Labute approximate surface area is 126 Å². The lowest BCUT2D eigenvalue weighted by atomic mass is 9.93. The minimum Gasteiger partial charge on any atom is -0.465 e. The first-order chi connectivity index (χ1) is 10.4. The monoisotopic (exact) mass is 316 g/mol. The van der Waals surface area contributed by atoms with Crippen LogP contribution in [0.4, 0.5) is 23.7 Å². The molecule has 1 aromatic carbocycles. The molecule has 1 amide bonds. The van der Waals surface area contributed by atoms with Crippen LogP contribution in [0.3, 0.4) is 0 Å². The molecule has 22 heavy (non-hydrogen) atoms. The number of rotatable bonds is 4. The summed E-state index contributed by atoms with van der Waals surface area (Å²) in [5, 5.41) is 10.9. The Kier molecular flexibility index (Phi) is 5.15. The second kappa shape index (κ2) is 6.89. The number of alkyl halides is 3. The third-order valence-electron chi connectivity index (χ3n) is 3.98. The van der Waals surface area contributed by atoms with E-state index in [1.807, 2.05) is 4.90 Å². The molecule has 1 aromatic rings. The molecule has 1 fully saturated rings. The summed E-state index contributed by atoms with van der Waals surface area (Å²) in [6.07, 6.45) is -2.87. The molecule has 0 saturated carbocycles. The summed E-state index contributed by atoms with van der Waals surface area (Å²) in [4.78, 5) is 12.3. The molecule has 4 nitrogen and oxygen atoms in total. The highest BCUT2D eigenvalue weighted by atomic mass is 19.4. The van der Waals surface area contributed by atoms with E-state index >= 15 is 0 Å². The van der Waals surface area contributed by atoms with Gasteiger partial charge in [-0.25, -0.2) is 4.79 Å². The van der Waals surface area contributed by atoms with Crippen LogP contribution in [0.2, 0.25) is 0 Å². The number of nitrogens with zero attached hydrogens (tertiary/aromatic N) is 1. The first-order valence-corrected chi connectivity index (χ1v) is 7.25. The maximum absolute atomic E-state index is 12.7. The number of carbonyl (C=O) groups is 1. The molecule has 1 aliphatic rings. The molecule has 0 bridgehead atoms. The van der Waals surface area contributed by atoms with E-state index in [4.69, 9.17) is 5.11 Å². The van der Waals surface area contributed by atoms with E-state index in [0.29, 0.717) is 31.2 Å². The first-order valence-electron chi connectivity index (χ1n) is 7.25. The van der Waals surface area contributed by atoms with Crippen LogP contribution >= 0.6 is 0 Å². The van der Waals surface area contributed by atoms with Gasteiger partial charge in [0, 0.05) is 25.3 Å². The Bertz CT molecular complexity index is 512. The van der Waals surface area contributed by atoms with Crippen molar-refractivity contribution in [3.8, 4) is 0 Å². The number of benzene rings is 1. The highest BCUT2D eigenvalue weighted by Gasteiger charge is 2.31. The van der Waals surface area contributed by atoms with Gasteiger partial charge in [0.2, 0.25) is 0 Å². The number of halogens is 3. The van der Waals surface area contributed by atoms with Crippen LogP contribution < -0.4 is 10.2 Å². The maximum Gasteiger partial charge on any atom is 0.416 e. The van der Waals surface area contributed by atoms with E-state index in [2.05, 4.69) is 5.32 Å². The van der Waals surface area contributed by atoms with Crippen LogP contribution in [0, 0.1) is 5.92 Å². The third-order valence-corrected chi connectivity index (χ3v) is 3.98. The molecular formula is C15H19F3N2O2. The van der Waals surface area contributed by atoms with E-state index in [-0.39, 0.29) is 0 Å². The smallest absolute Gasteiger partial charge is 0.416 e. The van der Waals surface area contributed by atoms with Crippen molar-refractivity contribution in [1.29, 1.82) is 0 Å². The number of piperidine rings is 1. The van der Waals surface area contributed by atoms with Crippen molar-refractivity contribution in [2.75, 3.05) is 24.5 Å². The van der Waals surface area contributed by atoms with Crippen molar-refractivity contribution in [3.63, 3.8) is 0 Å². The van der Waals surface area contributed by atoms with Crippen LogP contribution in [-0.2, 0) is 6.18 Å². The number of hydrogen-bond donors (Lipinski definition) is 2. The minimum absolute atomic E-state index is 0.411. The van der Waals surface area contributed by atoms with Crippen LogP contribution in [-0.4, -0.2) is 30.8 Å². The van der Waals surface area contributed by atoms with E-state index in [9.17, 15) is 18.0 Å². The van der Waals surface area contributed by atoms with E-state index in [0.717, 1.165) is 25.3 Å². The SMILES string of the molecule is O=C(O)NCCC1CCN(c2cccc(C(F)(F)F)c2)CC1. The average Bonchev–Trinajstić information content (AvgIpc) is 2.47. The number of nitrogens with one attached hydrogen (secondary N) is 1. The zero-order chi connectivity index (χ0) is 16.2. The summed E-state index contributed by atoms with van der Waals surface area (Å²) in [5.74, 6) is 0.411. The Balaban J connectivity index is 1.88.